The Morgan fingerprint density at radius 1 is 1.24 bits per heavy atom. The number of ether oxygens (including phenoxy) is 1. The Hall–Kier alpha value is -2.14. The summed E-state index contributed by atoms with van der Waals surface area (Å²) < 4.78 is 7.80. The Morgan fingerprint density at radius 3 is 2.88 bits per heavy atom. The Bertz CT molecular complexity index is 754. The van der Waals surface area contributed by atoms with Crippen molar-refractivity contribution in [3.8, 4) is 0 Å². The first-order chi connectivity index (χ1) is 12.2. The summed E-state index contributed by atoms with van der Waals surface area (Å²) in [6, 6.07) is 10.3. The predicted octanol–water partition coefficient (Wildman–Crippen LogP) is 2.38. The lowest BCUT2D eigenvalue weighted by atomic mass is 9.95. The second-order valence-electron chi connectivity index (χ2n) is 7.04. The van der Waals surface area contributed by atoms with E-state index in [0.717, 1.165) is 25.7 Å². The number of aromatic nitrogens is 2. The fraction of sp³-hybridized carbons (Fsp3) is 0.500. The second kappa shape index (κ2) is 7.00. The molecular formula is C20H25N3O2. The van der Waals surface area contributed by atoms with E-state index in [-0.39, 0.29) is 12.0 Å². The Labute approximate surface area is 148 Å². The van der Waals surface area contributed by atoms with Crippen molar-refractivity contribution < 1.29 is 9.53 Å². The van der Waals surface area contributed by atoms with Gasteiger partial charge in [0.15, 0.2) is 5.69 Å². The van der Waals surface area contributed by atoms with Crippen molar-refractivity contribution in [1.29, 1.82) is 0 Å². The Kier molecular flexibility index (Phi) is 4.57. The third-order valence-electron chi connectivity index (χ3n) is 5.30. The molecule has 1 aliphatic heterocycles. The highest BCUT2D eigenvalue weighted by Crippen LogP contribution is 2.25. The fourth-order valence-electron chi connectivity index (χ4n) is 4.00. The summed E-state index contributed by atoms with van der Waals surface area (Å²) >= 11 is 0. The molecule has 0 saturated carbocycles. The smallest absolute Gasteiger partial charge is 0.274 e. The molecule has 1 aromatic carbocycles. The molecule has 4 rings (SSSR count). The van der Waals surface area contributed by atoms with Crippen molar-refractivity contribution in [2.45, 2.75) is 38.2 Å². The third kappa shape index (κ3) is 3.33. The summed E-state index contributed by atoms with van der Waals surface area (Å²) in [5, 5.41) is 4.56. The predicted molar refractivity (Wildman–Crippen MR) is 95.6 cm³/mol. The molecule has 2 aliphatic rings. The van der Waals surface area contributed by atoms with E-state index in [1.807, 2.05) is 34.8 Å². The van der Waals surface area contributed by atoms with Crippen molar-refractivity contribution >= 4 is 5.91 Å². The van der Waals surface area contributed by atoms with Gasteiger partial charge < -0.3 is 9.64 Å². The quantitative estimate of drug-likeness (QED) is 0.863. The van der Waals surface area contributed by atoms with Crippen LogP contribution in [0.2, 0.25) is 0 Å². The van der Waals surface area contributed by atoms with E-state index in [9.17, 15) is 4.79 Å². The first-order valence-corrected chi connectivity index (χ1v) is 9.22. The first kappa shape index (κ1) is 16.3. The highest BCUT2D eigenvalue weighted by atomic mass is 16.5. The number of hydrogen-bond donors (Lipinski definition) is 0. The minimum Gasteiger partial charge on any atom is -0.374 e. The van der Waals surface area contributed by atoms with Crippen LogP contribution in [0, 0.1) is 0 Å². The molecule has 1 aromatic heterocycles. The number of nitrogens with zero attached hydrogens (tertiary/aromatic N) is 3. The molecule has 2 heterocycles. The summed E-state index contributed by atoms with van der Waals surface area (Å²) in [6.45, 7) is 1.88. The lowest BCUT2D eigenvalue weighted by molar-refractivity contribution is -0.0210. The van der Waals surface area contributed by atoms with E-state index in [0.29, 0.717) is 25.4 Å². The summed E-state index contributed by atoms with van der Waals surface area (Å²) in [7, 11) is 1.96. The van der Waals surface area contributed by atoms with Crippen LogP contribution in [-0.4, -0.2) is 46.4 Å². The number of amides is 1. The molecule has 0 bridgehead atoms. The van der Waals surface area contributed by atoms with E-state index in [4.69, 9.17) is 4.74 Å². The van der Waals surface area contributed by atoms with E-state index < -0.39 is 0 Å². The van der Waals surface area contributed by atoms with E-state index >= 15 is 0 Å². The van der Waals surface area contributed by atoms with Crippen LogP contribution in [0.15, 0.2) is 30.3 Å². The molecule has 1 unspecified atom stereocenters. The number of carbonyl (C=O) groups excluding carboxylic acids is 1. The van der Waals surface area contributed by atoms with E-state index in [1.54, 1.807) is 0 Å². The van der Waals surface area contributed by atoms with E-state index in [2.05, 4.69) is 17.2 Å². The highest BCUT2D eigenvalue weighted by molar-refractivity contribution is 5.94. The van der Waals surface area contributed by atoms with Gasteiger partial charge in [-0.25, -0.2) is 0 Å². The average Bonchev–Trinajstić information content (AvgIpc) is 2.99. The van der Waals surface area contributed by atoms with Crippen LogP contribution < -0.4 is 0 Å². The molecule has 1 saturated heterocycles. The minimum atomic E-state index is 0.0552. The molecule has 0 N–H and O–H groups in total. The standard InChI is InChI=1S/C20H25N3O2/c1-22-18-10-6-5-9-17(18)19(21-22)20(24)23-11-12-25-16(14-23)13-15-7-3-2-4-8-15/h2-4,7-8,16H,5-6,9-14H2,1H3. The second-order valence-corrected chi connectivity index (χ2v) is 7.04. The zero-order chi connectivity index (χ0) is 17.2. The first-order valence-electron chi connectivity index (χ1n) is 9.22. The van der Waals surface area contributed by atoms with Crippen LogP contribution in [-0.2, 0) is 31.0 Å². The van der Waals surface area contributed by atoms with Gasteiger partial charge >= 0.3 is 0 Å². The molecule has 1 amide bonds. The number of morpholine rings is 1. The van der Waals surface area contributed by atoms with Gasteiger partial charge in [0, 0.05) is 37.8 Å². The molecule has 1 aliphatic carbocycles. The minimum absolute atomic E-state index is 0.0552. The van der Waals surface area contributed by atoms with Crippen LogP contribution >= 0.6 is 0 Å². The summed E-state index contributed by atoms with van der Waals surface area (Å²) in [5.74, 6) is 0.0695. The van der Waals surface area contributed by atoms with Crippen molar-refractivity contribution in [1.82, 2.24) is 14.7 Å². The lowest BCUT2D eigenvalue weighted by Gasteiger charge is -2.33. The molecule has 1 fully saturated rings. The maximum Gasteiger partial charge on any atom is 0.274 e. The molecule has 132 valence electrons. The largest absolute Gasteiger partial charge is 0.374 e. The lowest BCUT2D eigenvalue weighted by Crippen LogP contribution is -2.46. The molecule has 0 spiro atoms. The van der Waals surface area contributed by atoms with Crippen LogP contribution in [0.1, 0.15) is 40.2 Å². The van der Waals surface area contributed by atoms with Gasteiger partial charge in [-0.1, -0.05) is 30.3 Å². The van der Waals surface area contributed by atoms with Gasteiger partial charge in [-0.2, -0.15) is 5.10 Å². The van der Waals surface area contributed by atoms with Gasteiger partial charge in [0.05, 0.1) is 12.7 Å². The van der Waals surface area contributed by atoms with Crippen molar-refractivity contribution in [2.24, 2.45) is 7.05 Å². The van der Waals surface area contributed by atoms with Crippen LogP contribution in [0.4, 0.5) is 0 Å². The van der Waals surface area contributed by atoms with Crippen molar-refractivity contribution in [3.05, 3.63) is 52.8 Å². The molecule has 25 heavy (non-hydrogen) atoms. The van der Waals surface area contributed by atoms with E-state index in [1.165, 1.54) is 23.2 Å². The van der Waals surface area contributed by atoms with Crippen molar-refractivity contribution in [3.63, 3.8) is 0 Å². The maximum absolute atomic E-state index is 13.1. The summed E-state index contributed by atoms with van der Waals surface area (Å²) in [5.41, 5.74) is 4.32. The average molecular weight is 339 g/mol. The van der Waals surface area contributed by atoms with Gasteiger partial charge in [0.25, 0.3) is 5.91 Å². The normalized spacial score (nSPS) is 20.4. The topological polar surface area (TPSA) is 47.4 Å². The van der Waals surface area contributed by atoms with Crippen LogP contribution in [0.5, 0.6) is 0 Å². The zero-order valence-electron chi connectivity index (χ0n) is 14.8. The van der Waals surface area contributed by atoms with Crippen LogP contribution in [0.25, 0.3) is 0 Å². The molecule has 2 aromatic rings. The molecule has 5 nitrogen and oxygen atoms in total. The summed E-state index contributed by atoms with van der Waals surface area (Å²) in [4.78, 5) is 15.0. The van der Waals surface area contributed by atoms with Gasteiger partial charge in [-0.15, -0.1) is 0 Å². The zero-order valence-corrected chi connectivity index (χ0v) is 14.8. The third-order valence-corrected chi connectivity index (χ3v) is 5.30. The number of fused-ring (bicyclic) bond motifs is 1. The monoisotopic (exact) mass is 339 g/mol. The van der Waals surface area contributed by atoms with Gasteiger partial charge in [0.1, 0.15) is 0 Å². The number of carbonyl (C=O) groups is 1. The fourth-order valence-corrected chi connectivity index (χ4v) is 4.00. The molecule has 5 heteroatoms. The van der Waals surface area contributed by atoms with Gasteiger partial charge in [-0.3, -0.25) is 9.48 Å². The number of hydrogen-bond acceptors (Lipinski definition) is 3. The van der Waals surface area contributed by atoms with Crippen LogP contribution in [0.3, 0.4) is 0 Å². The Morgan fingerprint density at radius 2 is 2.04 bits per heavy atom. The number of rotatable bonds is 3. The van der Waals surface area contributed by atoms with Gasteiger partial charge in [-0.05, 0) is 31.2 Å². The SMILES string of the molecule is Cn1nc(C(=O)N2CCOC(Cc3ccccc3)C2)c2c1CCCC2. The highest BCUT2D eigenvalue weighted by Gasteiger charge is 2.30. The molecule has 1 atom stereocenters. The summed E-state index contributed by atoms with van der Waals surface area (Å²) in [6.07, 6.45) is 5.24. The van der Waals surface area contributed by atoms with Crippen molar-refractivity contribution in [2.75, 3.05) is 19.7 Å². The molecular weight excluding hydrogens is 314 g/mol. The molecule has 0 radical (unpaired) electrons. The Balaban J connectivity index is 1.49. The maximum atomic E-state index is 13.1. The van der Waals surface area contributed by atoms with Gasteiger partial charge in [0.2, 0.25) is 0 Å². The number of aryl methyl sites for hydroxylation is 1. The number of benzene rings is 1.